The number of hydrogen-bond donors (Lipinski definition) is 1. The maximum atomic E-state index is 12.2. The zero-order valence-electron chi connectivity index (χ0n) is 11.8. The summed E-state index contributed by atoms with van der Waals surface area (Å²) in [7, 11) is -3.18. The van der Waals surface area contributed by atoms with Crippen LogP contribution in [0.15, 0.2) is 27.6 Å². The summed E-state index contributed by atoms with van der Waals surface area (Å²) >= 11 is 3.19. The molecule has 120 valence electrons. The van der Waals surface area contributed by atoms with Crippen molar-refractivity contribution >= 4 is 36.0 Å². The summed E-state index contributed by atoms with van der Waals surface area (Å²) in [6, 6.07) is 4.55. The number of rotatable bonds is 7. The standard InChI is InChI=1S/C11H17BrN2O5S2/c1-14(2)20(15,16)7-6-13-21(17,18)11-8-9(12)4-5-10(11)19-3/h4-5,8,13H,6-7H2,1-3H3. The normalized spacial score (nSPS) is 12.6. The van der Waals surface area contributed by atoms with Gasteiger partial charge in [-0.3, -0.25) is 0 Å². The van der Waals surface area contributed by atoms with E-state index in [0.29, 0.717) is 4.47 Å². The SMILES string of the molecule is COc1ccc(Br)cc1S(=O)(=O)NCCS(=O)(=O)N(C)C. The van der Waals surface area contributed by atoms with E-state index in [4.69, 9.17) is 4.74 Å². The van der Waals surface area contributed by atoms with Gasteiger partial charge >= 0.3 is 0 Å². The summed E-state index contributed by atoms with van der Waals surface area (Å²) in [6.45, 7) is -0.224. The van der Waals surface area contributed by atoms with Gasteiger partial charge in [-0.1, -0.05) is 15.9 Å². The van der Waals surface area contributed by atoms with E-state index in [9.17, 15) is 16.8 Å². The minimum absolute atomic E-state index is 0.0540. The van der Waals surface area contributed by atoms with Crippen molar-refractivity contribution in [1.82, 2.24) is 9.03 Å². The average Bonchev–Trinajstić information content (AvgIpc) is 2.38. The molecular weight excluding hydrogens is 384 g/mol. The lowest BCUT2D eigenvalue weighted by Crippen LogP contribution is -2.34. The molecule has 0 aliphatic heterocycles. The number of ether oxygens (including phenoxy) is 1. The summed E-state index contributed by atoms with van der Waals surface area (Å²) in [5, 5.41) is 0. The van der Waals surface area contributed by atoms with E-state index in [0.717, 1.165) is 4.31 Å². The second-order valence-corrected chi connectivity index (χ2v) is 9.24. The number of halogens is 1. The molecule has 0 atom stereocenters. The Bertz CT molecular complexity index is 701. The summed E-state index contributed by atoms with van der Waals surface area (Å²) in [5.41, 5.74) is 0. The zero-order valence-corrected chi connectivity index (χ0v) is 15.0. The van der Waals surface area contributed by atoms with Crippen molar-refractivity contribution in [3.63, 3.8) is 0 Å². The van der Waals surface area contributed by atoms with Crippen LogP contribution in [-0.4, -0.2) is 54.6 Å². The lowest BCUT2D eigenvalue weighted by Gasteiger charge is -2.13. The molecule has 0 heterocycles. The van der Waals surface area contributed by atoms with E-state index in [-0.39, 0.29) is 22.9 Å². The fourth-order valence-corrected chi connectivity index (χ4v) is 4.02. The highest BCUT2D eigenvalue weighted by molar-refractivity contribution is 9.10. The van der Waals surface area contributed by atoms with Crippen LogP contribution >= 0.6 is 15.9 Å². The van der Waals surface area contributed by atoms with Crippen molar-refractivity contribution in [1.29, 1.82) is 0 Å². The van der Waals surface area contributed by atoms with Gasteiger partial charge in [-0.15, -0.1) is 0 Å². The van der Waals surface area contributed by atoms with Crippen LogP contribution in [0.4, 0.5) is 0 Å². The molecule has 7 nitrogen and oxygen atoms in total. The van der Waals surface area contributed by atoms with Crippen LogP contribution < -0.4 is 9.46 Å². The number of sulfonamides is 2. The second kappa shape index (κ2) is 7.05. The minimum atomic E-state index is -3.86. The Hall–Kier alpha value is -0.680. The maximum absolute atomic E-state index is 12.2. The van der Waals surface area contributed by atoms with E-state index in [1.54, 1.807) is 6.07 Å². The number of hydrogen-bond acceptors (Lipinski definition) is 5. The van der Waals surface area contributed by atoms with E-state index in [1.165, 1.54) is 33.3 Å². The third-order valence-corrected chi connectivity index (χ3v) is 6.43. The number of nitrogens with zero attached hydrogens (tertiary/aromatic N) is 1. The van der Waals surface area contributed by atoms with Crippen molar-refractivity contribution in [3.8, 4) is 5.75 Å². The van der Waals surface area contributed by atoms with Gasteiger partial charge in [0.2, 0.25) is 20.0 Å². The summed E-state index contributed by atoms with van der Waals surface area (Å²) in [4.78, 5) is -0.0540. The molecular formula is C11H17BrN2O5S2. The second-order valence-electron chi connectivity index (χ2n) is 4.29. The molecule has 0 saturated heterocycles. The van der Waals surface area contributed by atoms with Crippen LogP contribution in [0.2, 0.25) is 0 Å². The van der Waals surface area contributed by atoms with Crippen LogP contribution in [0, 0.1) is 0 Å². The first kappa shape index (κ1) is 18.4. The highest BCUT2D eigenvalue weighted by atomic mass is 79.9. The Morgan fingerprint density at radius 2 is 1.86 bits per heavy atom. The van der Waals surface area contributed by atoms with Crippen molar-refractivity contribution in [3.05, 3.63) is 22.7 Å². The van der Waals surface area contributed by atoms with Gasteiger partial charge in [0.1, 0.15) is 10.6 Å². The minimum Gasteiger partial charge on any atom is -0.495 e. The van der Waals surface area contributed by atoms with E-state index < -0.39 is 20.0 Å². The smallest absolute Gasteiger partial charge is 0.244 e. The average molecular weight is 401 g/mol. The first-order chi connectivity index (χ1) is 9.60. The predicted molar refractivity (Wildman–Crippen MR) is 83.4 cm³/mol. The van der Waals surface area contributed by atoms with Crippen LogP contribution in [0.1, 0.15) is 0 Å². The number of nitrogens with one attached hydrogen (secondary N) is 1. The number of methoxy groups -OCH3 is 1. The van der Waals surface area contributed by atoms with Crippen molar-refractivity contribution in [2.75, 3.05) is 33.5 Å². The largest absolute Gasteiger partial charge is 0.495 e. The van der Waals surface area contributed by atoms with Gasteiger partial charge in [0.05, 0.1) is 12.9 Å². The first-order valence-electron chi connectivity index (χ1n) is 5.83. The summed E-state index contributed by atoms with van der Waals surface area (Å²) < 4.78 is 56.5. The van der Waals surface area contributed by atoms with Gasteiger partial charge < -0.3 is 4.74 Å². The highest BCUT2D eigenvalue weighted by Gasteiger charge is 2.21. The lowest BCUT2D eigenvalue weighted by molar-refractivity contribution is 0.402. The Kier molecular flexibility index (Phi) is 6.17. The maximum Gasteiger partial charge on any atom is 0.244 e. The van der Waals surface area contributed by atoms with Crippen LogP contribution in [0.25, 0.3) is 0 Å². The summed E-state index contributed by atoms with van der Waals surface area (Å²) in [6.07, 6.45) is 0. The molecule has 0 saturated carbocycles. The quantitative estimate of drug-likeness (QED) is 0.724. The Labute approximate surface area is 133 Å². The molecule has 0 aliphatic carbocycles. The first-order valence-corrected chi connectivity index (χ1v) is 9.72. The molecule has 1 rings (SSSR count). The van der Waals surface area contributed by atoms with E-state index in [1.807, 2.05) is 0 Å². The fraction of sp³-hybridized carbons (Fsp3) is 0.455. The van der Waals surface area contributed by atoms with Crippen LogP contribution in [0.5, 0.6) is 5.75 Å². The number of benzene rings is 1. The predicted octanol–water partition coefficient (Wildman–Crippen LogP) is 0.627. The molecule has 21 heavy (non-hydrogen) atoms. The molecule has 0 amide bonds. The fourth-order valence-electron chi connectivity index (χ4n) is 1.43. The molecule has 1 N–H and O–H groups in total. The van der Waals surface area contributed by atoms with Gasteiger partial charge in [0.15, 0.2) is 0 Å². The van der Waals surface area contributed by atoms with Crippen molar-refractivity contribution < 1.29 is 21.6 Å². The van der Waals surface area contributed by atoms with Gasteiger partial charge in [0.25, 0.3) is 0 Å². The molecule has 0 aromatic heterocycles. The van der Waals surface area contributed by atoms with Crippen molar-refractivity contribution in [2.24, 2.45) is 0 Å². The van der Waals surface area contributed by atoms with Gasteiger partial charge in [0, 0.05) is 25.1 Å². The Balaban J connectivity index is 2.91. The molecule has 1 aromatic rings. The molecule has 0 radical (unpaired) electrons. The monoisotopic (exact) mass is 400 g/mol. The third-order valence-electron chi connectivity index (χ3n) is 2.62. The lowest BCUT2D eigenvalue weighted by atomic mass is 10.3. The molecule has 0 aliphatic rings. The van der Waals surface area contributed by atoms with Crippen LogP contribution in [0.3, 0.4) is 0 Å². The summed E-state index contributed by atoms with van der Waals surface area (Å²) in [5.74, 6) is -0.142. The molecule has 0 fully saturated rings. The Morgan fingerprint density at radius 1 is 1.24 bits per heavy atom. The molecule has 0 unspecified atom stereocenters. The van der Waals surface area contributed by atoms with E-state index in [2.05, 4.69) is 20.7 Å². The highest BCUT2D eigenvalue weighted by Crippen LogP contribution is 2.26. The van der Waals surface area contributed by atoms with E-state index >= 15 is 0 Å². The zero-order chi connectivity index (χ0) is 16.3. The van der Waals surface area contributed by atoms with Gasteiger partial charge in [-0.2, -0.15) is 0 Å². The van der Waals surface area contributed by atoms with Crippen LogP contribution in [-0.2, 0) is 20.0 Å². The third kappa shape index (κ3) is 4.92. The Morgan fingerprint density at radius 3 is 2.38 bits per heavy atom. The molecule has 0 spiro atoms. The van der Waals surface area contributed by atoms with Gasteiger partial charge in [-0.05, 0) is 18.2 Å². The molecule has 0 bridgehead atoms. The molecule has 1 aromatic carbocycles. The molecule has 10 heteroatoms. The van der Waals surface area contributed by atoms with Crippen molar-refractivity contribution in [2.45, 2.75) is 4.90 Å². The van der Waals surface area contributed by atoms with Gasteiger partial charge in [-0.25, -0.2) is 25.9 Å². The topological polar surface area (TPSA) is 92.8 Å².